The normalized spacial score (nSPS) is 12.5. The van der Waals surface area contributed by atoms with Gasteiger partial charge in [0.2, 0.25) is 0 Å². The lowest BCUT2D eigenvalue weighted by atomic mass is 9.95. The van der Waals surface area contributed by atoms with Gasteiger partial charge in [-0.15, -0.1) is 6.58 Å². The molecule has 0 spiro atoms. The second-order valence-corrected chi connectivity index (χ2v) is 5.63. The van der Waals surface area contributed by atoms with Gasteiger partial charge in [0.05, 0.1) is 19.6 Å². The molecule has 1 nitrogen and oxygen atoms in total. The summed E-state index contributed by atoms with van der Waals surface area (Å²) in [6.07, 6.45) is 3.05. The van der Waals surface area contributed by atoms with Gasteiger partial charge in [-0.25, -0.2) is 0 Å². The molecule has 16 heavy (non-hydrogen) atoms. The molecule has 0 heterocycles. The number of hydrogen-bond donors (Lipinski definition) is 0. The van der Waals surface area contributed by atoms with Crippen molar-refractivity contribution in [2.24, 2.45) is 0 Å². The number of rotatable bonds is 5. The van der Waals surface area contributed by atoms with E-state index in [1.165, 1.54) is 5.56 Å². The average Bonchev–Trinajstić information content (AvgIpc) is 2.18. The first-order valence-electron chi connectivity index (χ1n) is 5.87. The molecule has 88 valence electrons. The molecule has 0 atom stereocenters. The Labute approximate surface area is 100.0 Å². The first-order chi connectivity index (χ1) is 7.39. The maximum Gasteiger partial charge on any atom is 0.104 e. The van der Waals surface area contributed by atoms with Gasteiger partial charge < -0.3 is 4.48 Å². The molecule has 1 rings (SSSR count). The van der Waals surface area contributed by atoms with Crippen LogP contribution in [-0.4, -0.2) is 24.1 Å². The third-order valence-corrected chi connectivity index (χ3v) is 3.70. The van der Waals surface area contributed by atoms with Gasteiger partial charge in [-0.05, 0) is 13.8 Å². The van der Waals surface area contributed by atoms with Crippen molar-refractivity contribution >= 4 is 0 Å². The molecule has 0 saturated heterocycles. The third kappa shape index (κ3) is 2.96. The van der Waals surface area contributed by atoms with Crippen molar-refractivity contribution < 1.29 is 4.48 Å². The van der Waals surface area contributed by atoms with Crippen molar-refractivity contribution in [2.45, 2.75) is 32.4 Å². The van der Waals surface area contributed by atoms with Crippen LogP contribution in [0.1, 0.15) is 25.8 Å². The van der Waals surface area contributed by atoms with Crippen LogP contribution < -0.4 is 0 Å². The van der Waals surface area contributed by atoms with Gasteiger partial charge >= 0.3 is 0 Å². The summed E-state index contributed by atoms with van der Waals surface area (Å²) in [5, 5.41) is 0. The van der Waals surface area contributed by atoms with Crippen LogP contribution in [0, 0.1) is 0 Å². The Morgan fingerprint density at radius 1 is 1.19 bits per heavy atom. The van der Waals surface area contributed by atoms with Crippen LogP contribution in [0.2, 0.25) is 0 Å². The van der Waals surface area contributed by atoms with E-state index >= 15 is 0 Å². The minimum Gasteiger partial charge on any atom is -0.320 e. The lowest BCUT2D eigenvalue weighted by molar-refractivity contribution is -0.950. The highest BCUT2D eigenvalue weighted by atomic mass is 15.4. The van der Waals surface area contributed by atoms with Crippen molar-refractivity contribution in [3.63, 3.8) is 0 Å². The lowest BCUT2D eigenvalue weighted by Gasteiger charge is -2.44. The van der Waals surface area contributed by atoms with E-state index in [1.54, 1.807) is 0 Å². The number of benzene rings is 1. The molecule has 1 aromatic carbocycles. The molecule has 1 heteroatoms. The van der Waals surface area contributed by atoms with Crippen molar-refractivity contribution in [3.05, 3.63) is 48.6 Å². The van der Waals surface area contributed by atoms with E-state index < -0.39 is 0 Å². The molecule has 0 aromatic heterocycles. The van der Waals surface area contributed by atoms with Gasteiger partial charge in [0, 0.05) is 12.0 Å². The van der Waals surface area contributed by atoms with Crippen LogP contribution in [0.15, 0.2) is 43.0 Å². The van der Waals surface area contributed by atoms with Crippen molar-refractivity contribution in [3.8, 4) is 0 Å². The van der Waals surface area contributed by atoms with E-state index in [-0.39, 0.29) is 5.54 Å². The van der Waals surface area contributed by atoms with Crippen LogP contribution >= 0.6 is 0 Å². The third-order valence-electron chi connectivity index (χ3n) is 3.70. The first kappa shape index (κ1) is 13.0. The van der Waals surface area contributed by atoms with Crippen LogP contribution in [-0.2, 0) is 6.54 Å². The molecule has 0 unspecified atom stereocenters. The van der Waals surface area contributed by atoms with Crippen molar-refractivity contribution in [2.75, 3.05) is 14.1 Å². The van der Waals surface area contributed by atoms with Crippen LogP contribution in [0.4, 0.5) is 0 Å². The Hall–Kier alpha value is -1.08. The highest BCUT2D eigenvalue weighted by Gasteiger charge is 2.35. The highest BCUT2D eigenvalue weighted by Crippen LogP contribution is 2.26. The van der Waals surface area contributed by atoms with E-state index in [0.717, 1.165) is 17.4 Å². The monoisotopic (exact) mass is 218 g/mol. The Bertz CT molecular complexity index is 336. The molecule has 0 aliphatic heterocycles. The molecule has 1 aromatic rings. The number of hydrogen-bond acceptors (Lipinski definition) is 0. The standard InChI is InChI=1S/C15H24N/c1-6-12-15(2,3)16(4,5)13-14-10-8-7-9-11-14/h6-11H,1,12-13H2,2-5H3/q+1. The molecule has 0 N–H and O–H groups in total. The Kier molecular flexibility index (Phi) is 3.93. The van der Waals surface area contributed by atoms with Gasteiger partial charge in [-0.2, -0.15) is 0 Å². The fourth-order valence-corrected chi connectivity index (χ4v) is 1.85. The maximum atomic E-state index is 3.86. The zero-order valence-electron chi connectivity index (χ0n) is 11.0. The summed E-state index contributed by atoms with van der Waals surface area (Å²) in [6, 6.07) is 10.7. The number of quaternary nitrogens is 1. The fraction of sp³-hybridized carbons (Fsp3) is 0.467. The largest absolute Gasteiger partial charge is 0.320 e. The molecule has 0 radical (unpaired) electrons. The minimum atomic E-state index is 0.220. The fourth-order valence-electron chi connectivity index (χ4n) is 1.85. The van der Waals surface area contributed by atoms with Crippen LogP contribution in [0.25, 0.3) is 0 Å². The van der Waals surface area contributed by atoms with Crippen LogP contribution in [0.3, 0.4) is 0 Å². The molecule has 0 aliphatic rings. The molecular formula is C15H24N+. The van der Waals surface area contributed by atoms with Crippen molar-refractivity contribution in [1.82, 2.24) is 0 Å². The van der Waals surface area contributed by atoms with E-state index in [1.807, 2.05) is 6.08 Å². The number of nitrogens with zero attached hydrogens (tertiary/aromatic N) is 1. The summed E-state index contributed by atoms with van der Waals surface area (Å²) in [5.41, 5.74) is 1.61. The molecule has 0 fully saturated rings. The minimum absolute atomic E-state index is 0.220. The Morgan fingerprint density at radius 3 is 2.25 bits per heavy atom. The van der Waals surface area contributed by atoms with E-state index in [0.29, 0.717) is 0 Å². The van der Waals surface area contributed by atoms with Crippen LogP contribution in [0.5, 0.6) is 0 Å². The summed E-state index contributed by atoms with van der Waals surface area (Å²) in [7, 11) is 4.58. The predicted octanol–water partition coefficient (Wildman–Crippen LogP) is 3.62. The van der Waals surface area contributed by atoms with Gasteiger partial charge in [0.1, 0.15) is 6.54 Å². The van der Waals surface area contributed by atoms with Gasteiger partial charge in [-0.1, -0.05) is 36.4 Å². The Morgan fingerprint density at radius 2 is 1.75 bits per heavy atom. The molecule has 0 bridgehead atoms. The zero-order chi connectivity index (χ0) is 12.2. The second-order valence-electron chi connectivity index (χ2n) is 5.63. The smallest absolute Gasteiger partial charge is 0.104 e. The SMILES string of the molecule is C=CCC(C)(C)[N+](C)(C)Cc1ccccc1. The van der Waals surface area contributed by atoms with Crippen molar-refractivity contribution in [1.29, 1.82) is 0 Å². The molecule has 0 aliphatic carbocycles. The summed E-state index contributed by atoms with van der Waals surface area (Å²) < 4.78 is 0.975. The molecule has 0 saturated carbocycles. The molecule has 0 amide bonds. The van der Waals surface area contributed by atoms with Gasteiger partial charge in [-0.3, -0.25) is 0 Å². The average molecular weight is 218 g/mol. The first-order valence-corrected chi connectivity index (χ1v) is 5.87. The van der Waals surface area contributed by atoms with E-state index in [9.17, 15) is 0 Å². The van der Waals surface area contributed by atoms with E-state index in [4.69, 9.17) is 0 Å². The quantitative estimate of drug-likeness (QED) is 0.523. The summed E-state index contributed by atoms with van der Waals surface area (Å²) >= 11 is 0. The second kappa shape index (κ2) is 4.84. The predicted molar refractivity (Wildman–Crippen MR) is 71.1 cm³/mol. The summed E-state index contributed by atoms with van der Waals surface area (Å²) in [4.78, 5) is 0. The highest BCUT2D eigenvalue weighted by molar-refractivity contribution is 5.13. The summed E-state index contributed by atoms with van der Waals surface area (Å²) in [5.74, 6) is 0. The Balaban J connectivity index is 2.82. The maximum absolute atomic E-state index is 3.86. The zero-order valence-corrected chi connectivity index (χ0v) is 11.0. The topological polar surface area (TPSA) is 0 Å². The molecular weight excluding hydrogens is 194 g/mol. The summed E-state index contributed by atoms with van der Waals surface area (Å²) in [6.45, 7) is 9.52. The van der Waals surface area contributed by atoms with E-state index in [2.05, 4.69) is 64.9 Å². The van der Waals surface area contributed by atoms with Gasteiger partial charge in [0.25, 0.3) is 0 Å². The van der Waals surface area contributed by atoms with Gasteiger partial charge in [0.15, 0.2) is 0 Å². The lowest BCUT2D eigenvalue weighted by Crippen LogP contribution is -2.55.